The van der Waals surface area contributed by atoms with Crippen LogP contribution in [-0.2, 0) is 6.42 Å². The molecule has 4 heteroatoms. The molecule has 1 saturated heterocycles. The molecule has 1 aromatic rings. The first kappa shape index (κ1) is 13.5. The Hall–Kier alpha value is -0.970. The van der Waals surface area contributed by atoms with Crippen LogP contribution in [0.1, 0.15) is 12.0 Å². The molecule has 1 aliphatic rings. The summed E-state index contributed by atoms with van der Waals surface area (Å²) in [6.07, 6.45) is 5.46. The van der Waals surface area contributed by atoms with Gasteiger partial charge in [0.1, 0.15) is 0 Å². The van der Waals surface area contributed by atoms with Gasteiger partial charge in [0.15, 0.2) is 0 Å². The van der Waals surface area contributed by atoms with Crippen molar-refractivity contribution in [1.82, 2.24) is 14.8 Å². The number of hydrogen-bond donors (Lipinski definition) is 1. The van der Waals surface area contributed by atoms with E-state index in [0.29, 0.717) is 6.04 Å². The lowest BCUT2D eigenvalue weighted by atomic mass is 10.1. The molecule has 2 atom stereocenters. The third kappa shape index (κ3) is 3.77. The topological polar surface area (TPSA) is 39.6 Å². The first-order valence-electron chi connectivity index (χ1n) is 6.61. The van der Waals surface area contributed by atoms with Crippen molar-refractivity contribution in [1.29, 1.82) is 0 Å². The highest BCUT2D eigenvalue weighted by molar-refractivity contribution is 5.09. The largest absolute Gasteiger partial charge is 0.392 e. The van der Waals surface area contributed by atoms with Crippen LogP contribution in [0.25, 0.3) is 0 Å². The molecule has 1 aromatic heterocycles. The maximum Gasteiger partial charge on any atom is 0.0682 e. The number of aliphatic hydroxyl groups is 1. The van der Waals surface area contributed by atoms with Crippen molar-refractivity contribution >= 4 is 0 Å². The van der Waals surface area contributed by atoms with E-state index >= 15 is 0 Å². The van der Waals surface area contributed by atoms with Crippen LogP contribution in [0.2, 0.25) is 0 Å². The van der Waals surface area contributed by atoms with Gasteiger partial charge in [-0.05, 0) is 38.6 Å². The highest BCUT2D eigenvalue weighted by Crippen LogP contribution is 2.18. The van der Waals surface area contributed by atoms with E-state index in [4.69, 9.17) is 0 Å². The Labute approximate surface area is 109 Å². The second kappa shape index (κ2) is 6.27. The quantitative estimate of drug-likeness (QED) is 0.830. The molecule has 100 valence electrons. The number of likely N-dealkylation sites (tertiary alicyclic amines) is 1. The lowest BCUT2D eigenvalue weighted by Gasteiger charge is -2.26. The Morgan fingerprint density at radius 1 is 1.50 bits per heavy atom. The van der Waals surface area contributed by atoms with Crippen LogP contribution in [0.15, 0.2) is 24.5 Å². The molecule has 2 unspecified atom stereocenters. The molecule has 1 aliphatic heterocycles. The first-order chi connectivity index (χ1) is 8.65. The molecular weight excluding hydrogens is 226 g/mol. The van der Waals surface area contributed by atoms with Crippen molar-refractivity contribution in [3.05, 3.63) is 30.1 Å². The highest BCUT2D eigenvalue weighted by Gasteiger charge is 2.30. The fourth-order valence-electron chi connectivity index (χ4n) is 2.66. The zero-order valence-electron chi connectivity index (χ0n) is 11.3. The SMILES string of the molecule is CN(C)CC1CC(O)CN1CCc1cccnc1. The van der Waals surface area contributed by atoms with Gasteiger partial charge in [-0.15, -0.1) is 0 Å². The summed E-state index contributed by atoms with van der Waals surface area (Å²) in [7, 11) is 4.17. The fraction of sp³-hybridized carbons (Fsp3) is 0.643. The van der Waals surface area contributed by atoms with Gasteiger partial charge < -0.3 is 10.0 Å². The minimum absolute atomic E-state index is 0.163. The number of β-amino-alcohol motifs (C(OH)–C–C–N with tert-alkyl or cyclic N) is 1. The Kier molecular flexibility index (Phi) is 4.69. The minimum Gasteiger partial charge on any atom is -0.392 e. The molecule has 0 saturated carbocycles. The Bertz CT molecular complexity index is 355. The molecule has 18 heavy (non-hydrogen) atoms. The van der Waals surface area contributed by atoms with Crippen molar-refractivity contribution < 1.29 is 5.11 Å². The molecule has 0 aliphatic carbocycles. The number of aliphatic hydroxyl groups excluding tert-OH is 1. The second-order valence-electron chi connectivity index (χ2n) is 5.41. The average molecular weight is 249 g/mol. The lowest BCUT2D eigenvalue weighted by Crippen LogP contribution is -2.38. The van der Waals surface area contributed by atoms with Gasteiger partial charge in [-0.2, -0.15) is 0 Å². The Morgan fingerprint density at radius 2 is 2.33 bits per heavy atom. The van der Waals surface area contributed by atoms with Crippen molar-refractivity contribution in [3.63, 3.8) is 0 Å². The molecule has 0 aromatic carbocycles. The second-order valence-corrected chi connectivity index (χ2v) is 5.41. The smallest absolute Gasteiger partial charge is 0.0682 e. The molecule has 0 spiro atoms. The van der Waals surface area contributed by atoms with Gasteiger partial charge in [0.05, 0.1) is 6.10 Å². The van der Waals surface area contributed by atoms with E-state index < -0.39 is 0 Å². The van der Waals surface area contributed by atoms with Crippen LogP contribution in [0.4, 0.5) is 0 Å². The summed E-state index contributed by atoms with van der Waals surface area (Å²) >= 11 is 0. The standard InChI is InChI=1S/C14H23N3O/c1-16(2)10-13-8-14(18)11-17(13)7-5-12-4-3-6-15-9-12/h3-4,6,9,13-14,18H,5,7-8,10-11H2,1-2H3. The summed E-state index contributed by atoms with van der Waals surface area (Å²) in [5.41, 5.74) is 1.27. The van der Waals surface area contributed by atoms with Gasteiger partial charge in [-0.25, -0.2) is 0 Å². The molecule has 1 N–H and O–H groups in total. The van der Waals surface area contributed by atoms with Crippen LogP contribution >= 0.6 is 0 Å². The zero-order valence-corrected chi connectivity index (χ0v) is 11.3. The van der Waals surface area contributed by atoms with E-state index in [0.717, 1.165) is 32.5 Å². The summed E-state index contributed by atoms with van der Waals surface area (Å²) in [4.78, 5) is 8.73. The van der Waals surface area contributed by atoms with Crippen LogP contribution in [0.5, 0.6) is 0 Å². The number of rotatable bonds is 5. The summed E-state index contributed by atoms with van der Waals surface area (Å²) in [5.74, 6) is 0. The fourth-order valence-corrected chi connectivity index (χ4v) is 2.66. The van der Waals surface area contributed by atoms with Crippen molar-refractivity contribution in [2.75, 3.05) is 33.7 Å². The lowest BCUT2D eigenvalue weighted by molar-refractivity contribution is 0.173. The first-order valence-corrected chi connectivity index (χ1v) is 6.61. The van der Waals surface area contributed by atoms with Gasteiger partial charge >= 0.3 is 0 Å². The third-order valence-electron chi connectivity index (χ3n) is 3.49. The predicted octanol–water partition coefficient (Wildman–Crippen LogP) is 0.621. The van der Waals surface area contributed by atoms with E-state index in [9.17, 15) is 5.11 Å². The van der Waals surface area contributed by atoms with Crippen LogP contribution in [0.3, 0.4) is 0 Å². The van der Waals surface area contributed by atoms with E-state index in [-0.39, 0.29) is 6.10 Å². The molecule has 1 fully saturated rings. The van der Waals surface area contributed by atoms with Gasteiger partial charge in [0, 0.05) is 38.1 Å². The minimum atomic E-state index is -0.163. The average Bonchev–Trinajstić information content (AvgIpc) is 2.67. The van der Waals surface area contributed by atoms with Gasteiger partial charge in [0.2, 0.25) is 0 Å². The van der Waals surface area contributed by atoms with Crippen LogP contribution in [0, 0.1) is 0 Å². The number of aromatic nitrogens is 1. The van der Waals surface area contributed by atoms with E-state index in [1.54, 1.807) is 6.20 Å². The number of hydrogen-bond acceptors (Lipinski definition) is 4. The molecule has 2 heterocycles. The molecule has 0 bridgehead atoms. The molecular formula is C14H23N3O. The molecule has 4 nitrogen and oxygen atoms in total. The van der Waals surface area contributed by atoms with Crippen LogP contribution in [-0.4, -0.2) is 65.8 Å². The maximum absolute atomic E-state index is 9.81. The summed E-state index contributed by atoms with van der Waals surface area (Å²) in [5, 5.41) is 9.81. The monoisotopic (exact) mass is 249 g/mol. The summed E-state index contributed by atoms with van der Waals surface area (Å²) in [6.45, 7) is 2.82. The van der Waals surface area contributed by atoms with Crippen molar-refractivity contribution in [2.45, 2.75) is 25.0 Å². The van der Waals surface area contributed by atoms with Crippen LogP contribution < -0.4 is 0 Å². The summed E-state index contributed by atoms with van der Waals surface area (Å²) < 4.78 is 0. The van der Waals surface area contributed by atoms with E-state index in [1.165, 1.54) is 5.56 Å². The third-order valence-corrected chi connectivity index (χ3v) is 3.49. The van der Waals surface area contributed by atoms with Crippen molar-refractivity contribution in [2.24, 2.45) is 0 Å². The predicted molar refractivity (Wildman–Crippen MR) is 72.5 cm³/mol. The van der Waals surface area contributed by atoms with E-state index in [1.807, 2.05) is 12.3 Å². The molecule has 0 amide bonds. The van der Waals surface area contributed by atoms with Gasteiger partial charge in [0.25, 0.3) is 0 Å². The highest BCUT2D eigenvalue weighted by atomic mass is 16.3. The molecule has 0 radical (unpaired) electrons. The normalized spacial score (nSPS) is 24.9. The zero-order chi connectivity index (χ0) is 13.0. The number of likely N-dealkylation sites (N-methyl/N-ethyl adjacent to an activating group) is 1. The number of pyridine rings is 1. The maximum atomic E-state index is 9.81. The van der Waals surface area contributed by atoms with Crippen molar-refractivity contribution in [3.8, 4) is 0 Å². The van der Waals surface area contributed by atoms with Gasteiger partial charge in [-0.1, -0.05) is 6.07 Å². The van der Waals surface area contributed by atoms with E-state index in [2.05, 4.69) is 34.9 Å². The van der Waals surface area contributed by atoms with Gasteiger partial charge in [-0.3, -0.25) is 9.88 Å². The number of nitrogens with zero attached hydrogens (tertiary/aromatic N) is 3. The summed E-state index contributed by atoms with van der Waals surface area (Å²) in [6, 6.07) is 4.57. The Morgan fingerprint density at radius 3 is 3.00 bits per heavy atom. The molecule has 2 rings (SSSR count). The Balaban J connectivity index is 1.87.